The molecule has 3 nitrogen and oxygen atoms in total. The number of benzene rings is 1. The van der Waals surface area contributed by atoms with Gasteiger partial charge in [0.1, 0.15) is 5.75 Å². The van der Waals surface area contributed by atoms with E-state index >= 15 is 0 Å². The van der Waals surface area contributed by atoms with Gasteiger partial charge in [0.2, 0.25) is 0 Å². The van der Waals surface area contributed by atoms with Gasteiger partial charge in [0, 0.05) is 5.02 Å². The van der Waals surface area contributed by atoms with Crippen molar-refractivity contribution in [1.82, 2.24) is 0 Å². The molecule has 0 bridgehead atoms. The predicted molar refractivity (Wildman–Crippen MR) is 58.6 cm³/mol. The van der Waals surface area contributed by atoms with Crippen molar-refractivity contribution in [3.63, 3.8) is 0 Å². The lowest BCUT2D eigenvalue weighted by molar-refractivity contribution is -0.141. The van der Waals surface area contributed by atoms with Crippen molar-refractivity contribution in [2.75, 3.05) is 13.7 Å². The van der Waals surface area contributed by atoms with E-state index in [9.17, 15) is 4.79 Å². The first-order valence-electron chi connectivity index (χ1n) is 4.28. The third-order valence-corrected chi connectivity index (χ3v) is 2.22. The van der Waals surface area contributed by atoms with Gasteiger partial charge in [-0.2, -0.15) is 0 Å². The molecule has 0 amide bonds. The molecule has 0 aliphatic heterocycles. The predicted octanol–water partition coefficient (Wildman–Crippen LogP) is 2.94. The first-order valence-corrected chi connectivity index (χ1v) is 5.03. The van der Waals surface area contributed by atoms with Crippen LogP contribution in [0.15, 0.2) is 18.2 Å². The molecule has 0 aromatic heterocycles. The Morgan fingerprint density at radius 2 is 2.13 bits per heavy atom. The van der Waals surface area contributed by atoms with Crippen LogP contribution in [0.25, 0.3) is 0 Å². The quantitative estimate of drug-likeness (QED) is 0.769. The number of hydrogen-bond acceptors (Lipinski definition) is 3. The summed E-state index contributed by atoms with van der Waals surface area (Å²) < 4.78 is 9.74. The van der Waals surface area contributed by atoms with Crippen LogP contribution in [0.4, 0.5) is 0 Å². The third-order valence-electron chi connectivity index (χ3n) is 1.69. The van der Waals surface area contributed by atoms with Crippen molar-refractivity contribution in [2.24, 2.45) is 0 Å². The first-order chi connectivity index (χ1) is 7.13. The van der Waals surface area contributed by atoms with E-state index in [1.165, 1.54) is 7.11 Å². The van der Waals surface area contributed by atoms with E-state index in [-0.39, 0.29) is 19.0 Å². The lowest BCUT2D eigenvalue weighted by Crippen LogP contribution is -2.07. The highest BCUT2D eigenvalue weighted by Crippen LogP contribution is 2.27. The minimum absolute atomic E-state index is 0.190. The standard InChI is InChI=1S/C10H10Cl2O3/c1-14-10(13)4-5-15-9-3-2-7(11)6-8(9)12/h2-3,6H,4-5H2,1H3. The number of esters is 1. The molecule has 0 fully saturated rings. The maximum Gasteiger partial charge on any atom is 0.308 e. The fourth-order valence-electron chi connectivity index (χ4n) is 0.939. The monoisotopic (exact) mass is 248 g/mol. The largest absolute Gasteiger partial charge is 0.491 e. The van der Waals surface area contributed by atoms with E-state index in [0.29, 0.717) is 15.8 Å². The zero-order valence-electron chi connectivity index (χ0n) is 8.13. The van der Waals surface area contributed by atoms with E-state index in [1.54, 1.807) is 18.2 Å². The van der Waals surface area contributed by atoms with E-state index in [2.05, 4.69) is 4.74 Å². The molecule has 5 heteroatoms. The second-order valence-corrected chi connectivity index (χ2v) is 3.59. The van der Waals surface area contributed by atoms with E-state index in [0.717, 1.165) is 0 Å². The zero-order valence-corrected chi connectivity index (χ0v) is 9.64. The third kappa shape index (κ3) is 3.98. The number of methoxy groups -OCH3 is 1. The zero-order chi connectivity index (χ0) is 11.3. The molecule has 0 atom stereocenters. The molecule has 0 radical (unpaired) electrons. The number of ether oxygens (including phenoxy) is 2. The van der Waals surface area contributed by atoms with Crippen LogP contribution in [0.2, 0.25) is 10.0 Å². The van der Waals surface area contributed by atoms with Crippen LogP contribution in [0, 0.1) is 0 Å². The van der Waals surface area contributed by atoms with Crippen molar-refractivity contribution in [2.45, 2.75) is 6.42 Å². The van der Waals surface area contributed by atoms with Gasteiger partial charge in [-0.25, -0.2) is 0 Å². The molecular weight excluding hydrogens is 239 g/mol. The molecule has 0 unspecified atom stereocenters. The van der Waals surface area contributed by atoms with Crippen molar-refractivity contribution in [3.8, 4) is 5.75 Å². The summed E-state index contributed by atoms with van der Waals surface area (Å²) in [6.07, 6.45) is 0.190. The van der Waals surface area contributed by atoms with E-state index in [1.807, 2.05) is 0 Å². The van der Waals surface area contributed by atoms with Gasteiger partial charge in [0.15, 0.2) is 0 Å². The van der Waals surface area contributed by atoms with Crippen LogP contribution in [0.1, 0.15) is 6.42 Å². The number of halogens is 2. The summed E-state index contributed by atoms with van der Waals surface area (Å²) in [5.41, 5.74) is 0. The van der Waals surface area contributed by atoms with Crippen LogP contribution in [0.5, 0.6) is 5.75 Å². The molecule has 82 valence electrons. The van der Waals surface area contributed by atoms with Crippen LogP contribution in [-0.4, -0.2) is 19.7 Å². The maximum absolute atomic E-state index is 10.8. The Balaban J connectivity index is 2.47. The van der Waals surface area contributed by atoms with Gasteiger partial charge in [0.25, 0.3) is 0 Å². The maximum atomic E-state index is 10.8. The smallest absolute Gasteiger partial charge is 0.308 e. The second kappa shape index (κ2) is 5.83. The molecule has 0 saturated carbocycles. The fraction of sp³-hybridized carbons (Fsp3) is 0.300. The lowest BCUT2D eigenvalue weighted by Gasteiger charge is -2.07. The Morgan fingerprint density at radius 1 is 1.40 bits per heavy atom. The van der Waals surface area contributed by atoms with Gasteiger partial charge < -0.3 is 9.47 Å². The van der Waals surface area contributed by atoms with Gasteiger partial charge in [-0.15, -0.1) is 0 Å². The molecule has 15 heavy (non-hydrogen) atoms. The summed E-state index contributed by atoms with van der Waals surface area (Å²) in [5, 5.41) is 0.965. The fourth-order valence-corrected chi connectivity index (χ4v) is 1.40. The van der Waals surface area contributed by atoms with Gasteiger partial charge in [0.05, 0.1) is 25.2 Å². The number of carbonyl (C=O) groups excluding carboxylic acids is 1. The number of carbonyl (C=O) groups is 1. The summed E-state index contributed by atoms with van der Waals surface area (Å²) >= 11 is 11.6. The summed E-state index contributed by atoms with van der Waals surface area (Å²) in [7, 11) is 1.33. The Bertz CT molecular complexity index is 353. The van der Waals surface area contributed by atoms with Gasteiger partial charge in [-0.3, -0.25) is 4.79 Å². The number of hydrogen-bond donors (Lipinski definition) is 0. The molecular formula is C10H10Cl2O3. The Kier molecular flexibility index (Phi) is 4.72. The summed E-state index contributed by atoms with van der Waals surface area (Å²) in [4.78, 5) is 10.8. The van der Waals surface area contributed by atoms with Gasteiger partial charge in [-0.1, -0.05) is 23.2 Å². The molecule has 0 saturated heterocycles. The van der Waals surface area contributed by atoms with Crippen LogP contribution >= 0.6 is 23.2 Å². The Morgan fingerprint density at radius 3 is 2.73 bits per heavy atom. The molecule has 1 aromatic rings. The Labute approximate surface area is 97.9 Å². The Hall–Kier alpha value is -0.930. The highest BCUT2D eigenvalue weighted by Gasteiger charge is 2.04. The first kappa shape index (κ1) is 12.1. The molecule has 0 aliphatic rings. The van der Waals surface area contributed by atoms with Crippen LogP contribution in [0.3, 0.4) is 0 Å². The van der Waals surface area contributed by atoms with Crippen LogP contribution < -0.4 is 4.74 Å². The van der Waals surface area contributed by atoms with Gasteiger partial charge >= 0.3 is 5.97 Å². The summed E-state index contributed by atoms with van der Waals surface area (Å²) in [5.74, 6) is 0.185. The SMILES string of the molecule is COC(=O)CCOc1ccc(Cl)cc1Cl. The van der Waals surface area contributed by atoms with Crippen molar-refractivity contribution >= 4 is 29.2 Å². The highest BCUT2D eigenvalue weighted by atomic mass is 35.5. The van der Waals surface area contributed by atoms with E-state index < -0.39 is 0 Å². The normalized spacial score (nSPS) is 9.80. The van der Waals surface area contributed by atoms with Crippen molar-refractivity contribution in [3.05, 3.63) is 28.2 Å². The van der Waals surface area contributed by atoms with Crippen molar-refractivity contribution < 1.29 is 14.3 Å². The second-order valence-electron chi connectivity index (χ2n) is 2.75. The van der Waals surface area contributed by atoms with Gasteiger partial charge in [-0.05, 0) is 18.2 Å². The average Bonchev–Trinajstić information content (AvgIpc) is 2.21. The number of rotatable bonds is 4. The molecule has 0 N–H and O–H groups in total. The lowest BCUT2D eigenvalue weighted by atomic mass is 10.3. The molecule has 0 aliphatic carbocycles. The average molecular weight is 249 g/mol. The minimum atomic E-state index is -0.319. The molecule has 0 heterocycles. The molecule has 1 rings (SSSR count). The molecule has 1 aromatic carbocycles. The highest BCUT2D eigenvalue weighted by molar-refractivity contribution is 6.35. The minimum Gasteiger partial charge on any atom is -0.491 e. The topological polar surface area (TPSA) is 35.5 Å². The van der Waals surface area contributed by atoms with Crippen molar-refractivity contribution in [1.29, 1.82) is 0 Å². The summed E-state index contributed by atoms with van der Waals surface area (Å²) in [6, 6.07) is 4.90. The summed E-state index contributed by atoms with van der Waals surface area (Å²) in [6.45, 7) is 0.230. The van der Waals surface area contributed by atoms with Crippen LogP contribution in [-0.2, 0) is 9.53 Å². The molecule has 0 spiro atoms. The van der Waals surface area contributed by atoms with E-state index in [4.69, 9.17) is 27.9 Å².